The molecule has 0 aliphatic carbocycles. The number of methoxy groups -OCH3 is 1. The summed E-state index contributed by atoms with van der Waals surface area (Å²) in [5.41, 5.74) is 6.80. The zero-order valence-electron chi connectivity index (χ0n) is 9.67. The van der Waals surface area contributed by atoms with Crippen LogP contribution in [0.4, 0.5) is 0 Å². The molecule has 0 saturated carbocycles. The van der Waals surface area contributed by atoms with Gasteiger partial charge >= 0.3 is 0 Å². The third-order valence-electron chi connectivity index (χ3n) is 2.95. The van der Waals surface area contributed by atoms with Crippen molar-refractivity contribution in [1.29, 1.82) is 0 Å². The fraction of sp³-hybridized carbons (Fsp3) is 0.500. The lowest BCUT2D eigenvalue weighted by atomic mass is 9.82. The van der Waals surface area contributed by atoms with Crippen molar-refractivity contribution in [2.75, 3.05) is 7.11 Å². The fourth-order valence-electron chi connectivity index (χ4n) is 1.45. The van der Waals surface area contributed by atoms with E-state index in [0.29, 0.717) is 16.7 Å². The normalized spacial score (nSPS) is 15.1. The van der Waals surface area contributed by atoms with Crippen LogP contribution in [0.5, 0.6) is 5.75 Å². The molecule has 0 fully saturated rings. The van der Waals surface area contributed by atoms with Crippen LogP contribution in [0.2, 0.25) is 5.02 Å². The standard InChI is InChI=1S/C12H18ClNO/c1-8(2)12(3,14)9-6-5-7-10(13)11(9)15-4/h5-8H,14H2,1-4H3. The first-order valence-electron chi connectivity index (χ1n) is 5.03. The van der Waals surface area contributed by atoms with Crippen LogP contribution >= 0.6 is 11.6 Å². The summed E-state index contributed by atoms with van der Waals surface area (Å²) in [5, 5.41) is 0.604. The van der Waals surface area contributed by atoms with Crippen LogP contribution in [0.25, 0.3) is 0 Å². The molecule has 0 aliphatic rings. The highest BCUT2D eigenvalue weighted by molar-refractivity contribution is 6.32. The molecular formula is C12H18ClNO. The first kappa shape index (κ1) is 12.3. The second-order valence-corrected chi connectivity index (χ2v) is 4.67. The van der Waals surface area contributed by atoms with Crippen molar-refractivity contribution in [3.05, 3.63) is 28.8 Å². The molecule has 0 saturated heterocycles. The maximum absolute atomic E-state index is 6.29. The minimum Gasteiger partial charge on any atom is -0.495 e. The zero-order valence-corrected chi connectivity index (χ0v) is 10.4. The molecule has 0 bridgehead atoms. The van der Waals surface area contributed by atoms with Crippen molar-refractivity contribution in [3.63, 3.8) is 0 Å². The Balaban J connectivity index is 3.31. The summed E-state index contributed by atoms with van der Waals surface area (Å²) < 4.78 is 5.30. The summed E-state index contributed by atoms with van der Waals surface area (Å²) in [6.07, 6.45) is 0. The Bertz CT molecular complexity index is 347. The first-order valence-corrected chi connectivity index (χ1v) is 5.41. The van der Waals surface area contributed by atoms with Crippen LogP contribution in [0, 0.1) is 5.92 Å². The zero-order chi connectivity index (χ0) is 11.6. The highest BCUT2D eigenvalue weighted by Gasteiger charge is 2.29. The molecule has 1 aromatic rings. The van der Waals surface area contributed by atoms with Crippen LogP contribution in [0.1, 0.15) is 26.3 Å². The second kappa shape index (κ2) is 4.42. The molecule has 0 aromatic heterocycles. The maximum Gasteiger partial charge on any atom is 0.142 e. The average Bonchev–Trinajstić information content (AvgIpc) is 2.17. The van der Waals surface area contributed by atoms with Gasteiger partial charge < -0.3 is 10.5 Å². The predicted octanol–water partition coefficient (Wildman–Crippen LogP) is 3.18. The van der Waals surface area contributed by atoms with Crippen LogP contribution < -0.4 is 10.5 Å². The third kappa shape index (κ3) is 2.27. The summed E-state index contributed by atoms with van der Waals surface area (Å²) in [7, 11) is 1.61. The van der Waals surface area contributed by atoms with E-state index in [-0.39, 0.29) is 0 Å². The number of benzene rings is 1. The largest absolute Gasteiger partial charge is 0.495 e. The molecule has 0 spiro atoms. The molecule has 0 heterocycles. The van der Waals surface area contributed by atoms with Gasteiger partial charge in [-0.15, -0.1) is 0 Å². The molecule has 1 aromatic carbocycles. The van der Waals surface area contributed by atoms with Gasteiger partial charge in [0, 0.05) is 11.1 Å². The van der Waals surface area contributed by atoms with Gasteiger partial charge in [-0.3, -0.25) is 0 Å². The number of hydrogen-bond acceptors (Lipinski definition) is 2. The monoisotopic (exact) mass is 227 g/mol. The van der Waals surface area contributed by atoms with Gasteiger partial charge in [0.05, 0.1) is 12.1 Å². The van der Waals surface area contributed by atoms with E-state index >= 15 is 0 Å². The van der Waals surface area contributed by atoms with E-state index in [1.165, 1.54) is 0 Å². The topological polar surface area (TPSA) is 35.2 Å². The Morgan fingerprint density at radius 2 is 2.00 bits per heavy atom. The quantitative estimate of drug-likeness (QED) is 0.861. The van der Waals surface area contributed by atoms with Crippen LogP contribution in [-0.2, 0) is 5.54 Å². The molecular weight excluding hydrogens is 210 g/mol. The average molecular weight is 228 g/mol. The first-order chi connectivity index (χ1) is 6.91. The van der Waals surface area contributed by atoms with Crippen molar-refractivity contribution in [2.24, 2.45) is 11.7 Å². The smallest absolute Gasteiger partial charge is 0.142 e. The SMILES string of the molecule is COc1c(Cl)cccc1C(C)(N)C(C)C. The Hall–Kier alpha value is -0.730. The highest BCUT2D eigenvalue weighted by atomic mass is 35.5. The Labute approximate surface area is 96.4 Å². The van der Waals surface area contributed by atoms with E-state index < -0.39 is 5.54 Å². The van der Waals surface area contributed by atoms with E-state index in [1.807, 2.05) is 19.1 Å². The molecule has 2 N–H and O–H groups in total. The van der Waals surface area contributed by atoms with Crippen molar-refractivity contribution in [2.45, 2.75) is 26.3 Å². The van der Waals surface area contributed by atoms with E-state index in [4.69, 9.17) is 22.1 Å². The third-order valence-corrected chi connectivity index (χ3v) is 3.25. The molecule has 0 aliphatic heterocycles. The number of para-hydroxylation sites is 1. The molecule has 3 heteroatoms. The lowest BCUT2D eigenvalue weighted by Crippen LogP contribution is -2.38. The van der Waals surface area contributed by atoms with Gasteiger partial charge in [0.1, 0.15) is 5.75 Å². The van der Waals surface area contributed by atoms with Gasteiger partial charge in [-0.05, 0) is 18.9 Å². The Kier molecular flexibility index (Phi) is 3.63. The molecule has 1 atom stereocenters. The van der Waals surface area contributed by atoms with E-state index in [9.17, 15) is 0 Å². The van der Waals surface area contributed by atoms with Crippen molar-refractivity contribution < 1.29 is 4.74 Å². The summed E-state index contributed by atoms with van der Waals surface area (Å²) in [6.45, 7) is 6.16. The molecule has 1 unspecified atom stereocenters. The molecule has 1 rings (SSSR count). The Morgan fingerprint density at radius 1 is 1.40 bits per heavy atom. The van der Waals surface area contributed by atoms with Crippen molar-refractivity contribution in [3.8, 4) is 5.75 Å². The van der Waals surface area contributed by atoms with Crippen molar-refractivity contribution in [1.82, 2.24) is 0 Å². The molecule has 0 radical (unpaired) electrons. The summed E-state index contributed by atoms with van der Waals surface area (Å²) in [6, 6.07) is 5.67. The Morgan fingerprint density at radius 3 is 2.47 bits per heavy atom. The maximum atomic E-state index is 6.29. The van der Waals surface area contributed by atoms with E-state index in [2.05, 4.69) is 13.8 Å². The van der Waals surface area contributed by atoms with Crippen LogP contribution in [0.15, 0.2) is 18.2 Å². The number of nitrogens with two attached hydrogens (primary N) is 1. The van der Waals surface area contributed by atoms with Crippen LogP contribution in [-0.4, -0.2) is 7.11 Å². The summed E-state index contributed by atoms with van der Waals surface area (Å²) in [4.78, 5) is 0. The summed E-state index contributed by atoms with van der Waals surface area (Å²) >= 11 is 6.06. The second-order valence-electron chi connectivity index (χ2n) is 4.26. The lowest BCUT2D eigenvalue weighted by Gasteiger charge is -2.31. The predicted molar refractivity (Wildman–Crippen MR) is 64.4 cm³/mol. The van der Waals surface area contributed by atoms with Gasteiger partial charge in [0.15, 0.2) is 0 Å². The minimum absolute atomic E-state index is 0.310. The van der Waals surface area contributed by atoms with Crippen molar-refractivity contribution >= 4 is 11.6 Å². The number of rotatable bonds is 3. The van der Waals surface area contributed by atoms with Gasteiger partial charge in [0.25, 0.3) is 0 Å². The van der Waals surface area contributed by atoms with Gasteiger partial charge in [0.2, 0.25) is 0 Å². The fourth-order valence-corrected chi connectivity index (χ4v) is 1.70. The molecule has 2 nitrogen and oxygen atoms in total. The van der Waals surface area contributed by atoms with Crippen LogP contribution in [0.3, 0.4) is 0 Å². The van der Waals surface area contributed by atoms with E-state index in [0.717, 1.165) is 5.56 Å². The number of ether oxygens (including phenoxy) is 1. The number of hydrogen-bond donors (Lipinski definition) is 1. The van der Waals surface area contributed by atoms with E-state index in [1.54, 1.807) is 13.2 Å². The number of halogens is 1. The van der Waals surface area contributed by atoms with Gasteiger partial charge in [-0.1, -0.05) is 37.6 Å². The molecule has 0 amide bonds. The summed E-state index contributed by atoms with van der Waals surface area (Å²) in [5.74, 6) is 0.989. The van der Waals surface area contributed by atoms with Gasteiger partial charge in [-0.25, -0.2) is 0 Å². The van der Waals surface area contributed by atoms with Gasteiger partial charge in [-0.2, -0.15) is 0 Å². The minimum atomic E-state index is -0.434. The highest BCUT2D eigenvalue weighted by Crippen LogP contribution is 2.37. The lowest BCUT2D eigenvalue weighted by molar-refractivity contribution is 0.326. The molecule has 84 valence electrons. The molecule has 15 heavy (non-hydrogen) atoms.